The molecule has 3 nitrogen and oxygen atoms in total. The van der Waals surface area contributed by atoms with Crippen molar-refractivity contribution in [2.45, 2.75) is 36.9 Å². The zero-order valence-electron chi connectivity index (χ0n) is 9.51. The number of carbonyl (C=O) groups excluding carboxylic acids is 1. The fraction of sp³-hybridized carbons (Fsp3) is 0.909. The standard InChI is InChI=1S/C11H14F3NO2/c1-17-8(16)10-2-7(12)3-15(10)6-9(4-10)5-11(9,13)14/h7H,2-6H2,1H3/t7-,9-,10-/m1/s1. The highest BCUT2D eigenvalue weighted by molar-refractivity contribution is 5.82. The average molecular weight is 249 g/mol. The minimum absolute atomic E-state index is 0.0164. The Bertz CT molecular complexity index is 389. The van der Waals surface area contributed by atoms with Crippen LogP contribution in [0.15, 0.2) is 0 Å². The summed E-state index contributed by atoms with van der Waals surface area (Å²) in [5.74, 6) is -3.28. The summed E-state index contributed by atoms with van der Waals surface area (Å²) in [6, 6.07) is 0. The zero-order valence-corrected chi connectivity index (χ0v) is 9.51. The number of halogens is 3. The largest absolute Gasteiger partial charge is 0.468 e. The molecule has 3 atom stereocenters. The van der Waals surface area contributed by atoms with Crippen LogP contribution in [0.4, 0.5) is 13.2 Å². The third-order valence-electron chi connectivity index (χ3n) is 4.48. The molecule has 0 aromatic heterocycles. The van der Waals surface area contributed by atoms with Gasteiger partial charge in [-0.15, -0.1) is 0 Å². The molecule has 2 saturated heterocycles. The number of rotatable bonds is 1. The van der Waals surface area contributed by atoms with Gasteiger partial charge in [0.25, 0.3) is 5.92 Å². The summed E-state index contributed by atoms with van der Waals surface area (Å²) in [5, 5.41) is 0. The maximum Gasteiger partial charge on any atom is 0.326 e. The Balaban J connectivity index is 1.92. The first-order valence-electron chi connectivity index (χ1n) is 5.71. The minimum atomic E-state index is -2.70. The molecule has 17 heavy (non-hydrogen) atoms. The predicted octanol–water partition coefficient (Wildman–Crippen LogP) is 1.37. The molecule has 1 spiro atoms. The first kappa shape index (κ1) is 11.3. The van der Waals surface area contributed by atoms with Gasteiger partial charge in [-0.05, 0) is 6.42 Å². The van der Waals surface area contributed by atoms with Crippen LogP contribution in [0.3, 0.4) is 0 Å². The molecular formula is C11H14F3NO2. The van der Waals surface area contributed by atoms with Gasteiger partial charge in [-0.3, -0.25) is 9.69 Å². The number of alkyl halides is 3. The Morgan fingerprint density at radius 2 is 2.06 bits per heavy atom. The highest BCUT2D eigenvalue weighted by atomic mass is 19.3. The predicted molar refractivity (Wildman–Crippen MR) is 52.4 cm³/mol. The molecule has 96 valence electrons. The van der Waals surface area contributed by atoms with E-state index < -0.39 is 29.0 Å². The molecule has 2 heterocycles. The van der Waals surface area contributed by atoms with Crippen LogP contribution in [-0.2, 0) is 9.53 Å². The Hall–Kier alpha value is -0.780. The minimum Gasteiger partial charge on any atom is -0.468 e. The number of fused-ring (bicyclic) bond motifs is 1. The van der Waals surface area contributed by atoms with Crippen molar-refractivity contribution in [3.05, 3.63) is 0 Å². The lowest BCUT2D eigenvalue weighted by molar-refractivity contribution is -0.152. The molecule has 1 saturated carbocycles. The van der Waals surface area contributed by atoms with E-state index in [-0.39, 0.29) is 32.4 Å². The molecule has 3 rings (SSSR count). The molecule has 6 heteroatoms. The van der Waals surface area contributed by atoms with E-state index in [9.17, 15) is 18.0 Å². The molecule has 0 radical (unpaired) electrons. The van der Waals surface area contributed by atoms with Crippen molar-refractivity contribution in [2.24, 2.45) is 5.41 Å². The monoisotopic (exact) mass is 249 g/mol. The quantitative estimate of drug-likeness (QED) is 0.657. The van der Waals surface area contributed by atoms with Gasteiger partial charge in [0.15, 0.2) is 0 Å². The molecule has 0 unspecified atom stereocenters. The van der Waals surface area contributed by atoms with Crippen molar-refractivity contribution < 1.29 is 22.7 Å². The van der Waals surface area contributed by atoms with Crippen LogP contribution in [0.5, 0.6) is 0 Å². The van der Waals surface area contributed by atoms with Crippen LogP contribution >= 0.6 is 0 Å². The van der Waals surface area contributed by atoms with Gasteiger partial charge < -0.3 is 4.74 Å². The number of hydrogen-bond acceptors (Lipinski definition) is 3. The zero-order chi connectivity index (χ0) is 12.5. The van der Waals surface area contributed by atoms with Gasteiger partial charge in [-0.2, -0.15) is 0 Å². The van der Waals surface area contributed by atoms with E-state index in [2.05, 4.69) is 4.74 Å². The Kier molecular flexibility index (Phi) is 1.97. The van der Waals surface area contributed by atoms with Gasteiger partial charge in [-0.1, -0.05) is 0 Å². The third-order valence-corrected chi connectivity index (χ3v) is 4.48. The first-order valence-corrected chi connectivity index (χ1v) is 5.71. The molecular weight excluding hydrogens is 235 g/mol. The normalized spacial score (nSPS) is 47.2. The van der Waals surface area contributed by atoms with Gasteiger partial charge >= 0.3 is 5.97 Å². The summed E-state index contributed by atoms with van der Waals surface area (Å²) < 4.78 is 44.8. The van der Waals surface area contributed by atoms with E-state index in [1.807, 2.05) is 0 Å². The molecule has 2 aliphatic heterocycles. The van der Waals surface area contributed by atoms with Crippen molar-refractivity contribution in [1.29, 1.82) is 0 Å². The van der Waals surface area contributed by atoms with Crippen LogP contribution in [0.25, 0.3) is 0 Å². The Labute approximate surface area is 96.9 Å². The van der Waals surface area contributed by atoms with Gasteiger partial charge in [0.05, 0.1) is 12.5 Å². The van der Waals surface area contributed by atoms with E-state index in [0.717, 1.165) is 0 Å². The number of carbonyl (C=O) groups is 1. The van der Waals surface area contributed by atoms with Crippen molar-refractivity contribution in [3.8, 4) is 0 Å². The molecule has 0 N–H and O–H groups in total. The second-order valence-electron chi connectivity index (χ2n) is 5.54. The molecule has 1 aliphatic carbocycles. The van der Waals surface area contributed by atoms with Crippen LogP contribution < -0.4 is 0 Å². The van der Waals surface area contributed by atoms with Crippen molar-refractivity contribution >= 4 is 5.97 Å². The smallest absolute Gasteiger partial charge is 0.326 e. The summed E-state index contributed by atoms with van der Waals surface area (Å²) in [7, 11) is 1.22. The SMILES string of the molecule is COC(=O)[C@]12C[C@@H](F)CN1C[C@]1(CC1(F)F)C2. The molecule has 0 amide bonds. The summed E-state index contributed by atoms with van der Waals surface area (Å²) in [5.41, 5.74) is -2.25. The fourth-order valence-electron chi connectivity index (χ4n) is 3.57. The second-order valence-corrected chi connectivity index (χ2v) is 5.54. The maximum atomic E-state index is 13.4. The number of nitrogens with zero attached hydrogens (tertiary/aromatic N) is 1. The number of ether oxygens (including phenoxy) is 1. The Morgan fingerprint density at radius 3 is 2.59 bits per heavy atom. The van der Waals surface area contributed by atoms with Gasteiger partial charge in [-0.25, -0.2) is 13.2 Å². The molecule has 0 bridgehead atoms. The Morgan fingerprint density at radius 1 is 1.41 bits per heavy atom. The van der Waals surface area contributed by atoms with E-state index in [0.29, 0.717) is 0 Å². The van der Waals surface area contributed by atoms with E-state index in [1.165, 1.54) is 7.11 Å². The van der Waals surface area contributed by atoms with Crippen LogP contribution in [0.2, 0.25) is 0 Å². The fourth-order valence-corrected chi connectivity index (χ4v) is 3.57. The number of esters is 1. The van der Waals surface area contributed by atoms with Gasteiger partial charge in [0.1, 0.15) is 11.7 Å². The molecule has 3 aliphatic rings. The van der Waals surface area contributed by atoms with Crippen LogP contribution in [-0.4, -0.2) is 48.7 Å². The first-order chi connectivity index (χ1) is 7.85. The van der Waals surface area contributed by atoms with Crippen molar-refractivity contribution in [1.82, 2.24) is 4.90 Å². The van der Waals surface area contributed by atoms with Crippen molar-refractivity contribution in [3.63, 3.8) is 0 Å². The summed E-state index contributed by atoms with van der Waals surface area (Å²) in [6.07, 6.45) is -1.30. The lowest BCUT2D eigenvalue weighted by Crippen LogP contribution is -2.46. The van der Waals surface area contributed by atoms with E-state index >= 15 is 0 Å². The third kappa shape index (κ3) is 1.25. The summed E-state index contributed by atoms with van der Waals surface area (Å²) in [4.78, 5) is 13.4. The maximum absolute atomic E-state index is 13.4. The topological polar surface area (TPSA) is 29.5 Å². The lowest BCUT2D eigenvalue weighted by Gasteiger charge is -2.27. The lowest BCUT2D eigenvalue weighted by atomic mass is 9.88. The summed E-state index contributed by atoms with van der Waals surface area (Å²) in [6.45, 7) is 0.169. The number of hydrogen-bond donors (Lipinski definition) is 0. The van der Waals surface area contributed by atoms with Gasteiger partial charge in [0, 0.05) is 25.9 Å². The van der Waals surface area contributed by atoms with E-state index in [4.69, 9.17) is 0 Å². The van der Waals surface area contributed by atoms with Crippen LogP contribution in [0, 0.1) is 5.41 Å². The molecule has 0 aromatic carbocycles. The highest BCUT2D eigenvalue weighted by Crippen LogP contribution is 2.69. The molecule has 3 fully saturated rings. The molecule has 0 aromatic rings. The second kappa shape index (κ2) is 2.96. The summed E-state index contributed by atoms with van der Waals surface area (Å²) >= 11 is 0. The van der Waals surface area contributed by atoms with Gasteiger partial charge in [0.2, 0.25) is 0 Å². The highest BCUT2D eigenvalue weighted by Gasteiger charge is 2.79. The average Bonchev–Trinajstić information content (AvgIpc) is 2.54. The van der Waals surface area contributed by atoms with Crippen molar-refractivity contribution in [2.75, 3.05) is 20.2 Å². The number of methoxy groups -OCH3 is 1. The van der Waals surface area contributed by atoms with E-state index in [1.54, 1.807) is 4.90 Å². The van der Waals surface area contributed by atoms with Crippen LogP contribution in [0.1, 0.15) is 19.3 Å².